The van der Waals surface area contributed by atoms with Gasteiger partial charge in [0.2, 0.25) is 12.7 Å². The van der Waals surface area contributed by atoms with E-state index in [1.807, 2.05) is 36.4 Å². The van der Waals surface area contributed by atoms with Gasteiger partial charge in [0, 0.05) is 6.42 Å². The van der Waals surface area contributed by atoms with Crippen molar-refractivity contribution < 1.29 is 29.0 Å². The fourth-order valence-electron chi connectivity index (χ4n) is 3.75. The van der Waals surface area contributed by atoms with Crippen LogP contribution in [-0.4, -0.2) is 53.0 Å². The first-order chi connectivity index (χ1) is 15.9. The lowest BCUT2D eigenvalue weighted by Crippen LogP contribution is -2.47. The highest BCUT2D eigenvalue weighted by atomic mass is 32.1. The third kappa shape index (κ3) is 5.28. The van der Waals surface area contributed by atoms with Crippen molar-refractivity contribution in [2.75, 3.05) is 13.3 Å². The number of carboxylic acid groups (broad SMARTS) is 1. The molecule has 10 heteroatoms. The summed E-state index contributed by atoms with van der Waals surface area (Å²) in [6.07, 6.45) is 1.26. The largest absolute Gasteiger partial charge is 0.480 e. The van der Waals surface area contributed by atoms with E-state index >= 15 is 0 Å². The van der Waals surface area contributed by atoms with Crippen molar-refractivity contribution in [1.29, 1.82) is 0 Å². The number of nitrogens with zero attached hydrogens (tertiary/aromatic N) is 2. The molecule has 2 aromatic rings. The van der Waals surface area contributed by atoms with Gasteiger partial charge in [-0.3, -0.25) is 14.4 Å². The normalized spacial score (nSPS) is 17.4. The number of aliphatic carboxylic acids is 1. The third-order valence-electron chi connectivity index (χ3n) is 5.41. The second-order valence-corrected chi connectivity index (χ2v) is 8.12. The van der Waals surface area contributed by atoms with Gasteiger partial charge in [0.1, 0.15) is 12.6 Å². The highest BCUT2D eigenvalue weighted by Crippen LogP contribution is 2.40. The molecule has 0 saturated carbocycles. The lowest BCUT2D eigenvalue weighted by Gasteiger charge is -2.20. The zero-order valence-corrected chi connectivity index (χ0v) is 18.6. The van der Waals surface area contributed by atoms with Crippen LogP contribution in [0, 0.1) is 0 Å². The molecule has 2 heterocycles. The van der Waals surface area contributed by atoms with E-state index in [0.717, 1.165) is 16.1 Å². The van der Waals surface area contributed by atoms with Gasteiger partial charge in [0.25, 0.3) is 5.91 Å². The molecular formula is C23H23N3O6S. The predicted octanol–water partition coefficient (Wildman–Crippen LogP) is 2.23. The zero-order valence-electron chi connectivity index (χ0n) is 17.7. The maximum absolute atomic E-state index is 12.9. The van der Waals surface area contributed by atoms with E-state index in [1.165, 1.54) is 0 Å². The Hall–Kier alpha value is -3.53. The number of amides is 2. The van der Waals surface area contributed by atoms with Crippen LogP contribution in [0.2, 0.25) is 0 Å². The van der Waals surface area contributed by atoms with Crippen molar-refractivity contribution in [2.24, 2.45) is 5.10 Å². The van der Waals surface area contributed by atoms with Crippen LogP contribution in [0.1, 0.15) is 30.4 Å². The molecular weight excluding hydrogens is 446 g/mol. The second kappa shape index (κ2) is 9.95. The number of rotatable bonds is 7. The summed E-state index contributed by atoms with van der Waals surface area (Å²) < 4.78 is 10.7. The average Bonchev–Trinajstić information content (AvgIpc) is 3.24. The lowest BCUT2D eigenvalue weighted by molar-refractivity contribution is -0.145. The monoisotopic (exact) mass is 469 g/mol. The van der Waals surface area contributed by atoms with E-state index < -0.39 is 24.5 Å². The van der Waals surface area contributed by atoms with Crippen molar-refractivity contribution in [3.8, 4) is 11.5 Å². The standard InChI is InChI=1S/C23H23N3O6S/c27-19(11-7-15-6-10-18-21(22(15)33)32-13-31-18)24-17-9-8-16(14-4-2-1-3-5-14)25-26(23(17)30)12-20(28)29/h1-6,10,17,33H,7-9,11-13H2,(H,24,27)(H,28,29)/t17-/m0/s1. The van der Waals surface area contributed by atoms with Gasteiger partial charge in [0.05, 0.1) is 10.6 Å². The summed E-state index contributed by atoms with van der Waals surface area (Å²) in [5, 5.41) is 17.2. The summed E-state index contributed by atoms with van der Waals surface area (Å²) in [7, 11) is 0. The number of ether oxygens (including phenoxy) is 2. The minimum atomic E-state index is -1.18. The van der Waals surface area contributed by atoms with Gasteiger partial charge in [-0.2, -0.15) is 5.10 Å². The number of aryl methyl sites for hydroxylation is 1. The SMILES string of the molecule is O=C(O)CN1N=C(c2ccccc2)CC[C@H](NC(=O)CCc2ccc3c(c2S)OCO3)C1=O. The summed E-state index contributed by atoms with van der Waals surface area (Å²) in [4.78, 5) is 37.5. The number of hydrogen-bond acceptors (Lipinski definition) is 7. The van der Waals surface area contributed by atoms with Crippen LogP contribution in [0.25, 0.3) is 0 Å². The van der Waals surface area contributed by atoms with E-state index in [2.05, 4.69) is 23.0 Å². The molecule has 2 aromatic carbocycles. The number of fused-ring (bicyclic) bond motifs is 1. The van der Waals surface area contributed by atoms with E-state index in [9.17, 15) is 19.5 Å². The summed E-state index contributed by atoms with van der Waals surface area (Å²) in [5.74, 6) is -0.877. The van der Waals surface area contributed by atoms with Gasteiger partial charge < -0.3 is 19.9 Å². The van der Waals surface area contributed by atoms with Gasteiger partial charge in [-0.25, -0.2) is 5.01 Å². The Morgan fingerprint density at radius 3 is 2.73 bits per heavy atom. The molecule has 0 saturated heterocycles. The van der Waals surface area contributed by atoms with Crippen LogP contribution in [0.3, 0.4) is 0 Å². The smallest absolute Gasteiger partial charge is 0.325 e. The van der Waals surface area contributed by atoms with Gasteiger partial charge in [-0.1, -0.05) is 36.4 Å². The predicted molar refractivity (Wildman–Crippen MR) is 122 cm³/mol. The Morgan fingerprint density at radius 2 is 1.97 bits per heavy atom. The molecule has 0 bridgehead atoms. The van der Waals surface area contributed by atoms with Crippen molar-refractivity contribution in [1.82, 2.24) is 10.3 Å². The van der Waals surface area contributed by atoms with Crippen molar-refractivity contribution >= 4 is 36.1 Å². The van der Waals surface area contributed by atoms with E-state index in [1.54, 1.807) is 6.07 Å². The number of carbonyl (C=O) groups is 3. The van der Waals surface area contributed by atoms with Crippen LogP contribution >= 0.6 is 12.6 Å². The second-order valence-electron chi connectivity index (χ2n) is 7.67. The molecule has 0 radical (unpaired) electrons. The van der Waals surface area contributed by atoms with E-state index in [4.69, 9.17) is 9.47 Å². The summed E-state index contributed by atoms with van der Waals surface area (Å²) in [6, 6.07) is 12.0. The van der Waals surface area contributed by atoms with Gasteiger partial charge in [0.15, 0.2) is 11.5 Å². The lowest BCUT2D eigenvalue weighted by atomic mass is 10.0. The maximum atomic E-state index is 12.9. The van der Waals surface area contributed by atoms with Crippen molar-refractivity contribution in [3.63, 3.8) is 0 Å². The molecule has 2 amide bonds. The molecule has 4 rings (SSSR count). The highest BCUT2D eigenvalue weighted by Gasteiger charge is 2.31. The summed E-state index contributed by atoms with van der Waals surface area (Å²) in [5.41, 5.74) is 2.23. The van der Waals surface area contributed by atoms with Crippen LogP contribution in [-0.2, 0) is 20.8 Å². The van der Waals surface area contributed by atoms with Crippen LogP contribution < -0.4 is 14.8 Å². The molecule has 1 atom stereocenters. The Labute approximate surface area is 195 Å². The maximum Gasteiger partial charge on any atom is 0.325 e. The van der Waals surface area contributed by atoms with Crippen LogP contribution in [0.5, 0.6) is 11.5 Å². The third-order valence-corrected chi connectivity index (χ3v) is 5.90. The number of carboxylic acids is 1. The average molecular weight is 470 g/mol. The minimum Gasteiger partial charge on any atom is -0.480 e. The topological polar surface area (TPSA) is 118 Å². The number of nitrogens with one attached hydrogen (secondary N) is 1. The summed E-state index contributed by atoms with van der Waals surface area (Å²) in [6.45, 7) is -0.446. The number of hydrogen-bond donors (Lipinski definition) is 3. The first kappa shape index (κ1) is 22.7. The van der Waals surface area contributed by atoms with E-state index in [0.29, 0.717) is 41.4 Å². The molecule has 33 heavy (non-hydrogen) atoms. The quantitative estimate of drug-likeness (QED) is 0.536. The summed E-state index contributed by atoms with van der Waals surface area (Å²) >= 11 is 4.48. The highest BCUT2D eigenvalue weighted by molar-refractivity contribution is 7.80. The fourth-order valence-corrected chi connectivity index (χ4v) is 4.11. The molecule has 2 aliphatic heterocycles. The molecule has 0 aliphatic carbocycles. The number of carbonyl (C=O) groups excluding carboxylic acids is 2. The Bertz CT molecular complexity index is 1100. The molecule has 0 unspecified atom stereocenters. The van der Waals surface area contributed by atoms with E-state index in [-0.39, 0.29) is 19.1 Å². The zero-order chi connectivity index (χ0) is 23.4. The Kier molecular flexibility index (Phi) is 6.83. The minimum absolute atomic E-state index is 0.127. The fraction of sp³-hybridized carbons (Fsp3) is 0.304. The number of hydrazone groups is 1. The van der Waals surface area contributed by atoms with Crippen molar-refractivity contribution in [2.45, 2.75) is 36.6 Å². The van der Waals surface area contributed by atoms with Gasteiger partial charge in [-0.05, 0) is 36.5 Å². The molecule has 9 nitrogen and oxygen atoms in total. The molecule has 0 aromatic heterocycles. The first-order valence-corrected chi connectivity index (χ1v) is 10.9. The van der Waals surface area contributed by atoms with Crippen LogP contribution in [0.4, 0.5) is 0 Å². The molecule has 2 aliphatic rings. The van der Waals surface area contributed by atoms with Gasteiger partial charge >= 0.3 is 5.97 Å². The van der Waals surface area contributed by atoms with Crippen molar-refractivity contribution in [3.05, 3.63) is 53.6 Å². The number of benzene rings is 2. The molecule has 0 spiro atoms. The first-order valence-electron chi connectivity index (χ1n) is 10.5. The number of thiol groups is 1. The Morgan fingerprint density at radius 1 is 1.18 bits per heavy atom. The Balaban J connectivity index is 1.42. The van der Waals surface area contributed by atoms with Crippen LogP contribution in [0.15, 0.2) is 52.5 Å². The molecule has 0 fully saturated rings. The molecule has 172 valence electrons. The molecule has 2 N–H and O–H groups in total. The van der Waals surface area contributed by atoms with Gasteiger partial charge in [-0.15, -0.1) is 12.6 Å².